The van der Waals surface area contributed by atoms with Gasteiger partial charge in [0.25, 0.3) is 0 Å². The van der Waals surface area contributed by atoms with Crippen LogP contribution in [0.3, 0.4) is 0 Å². The van der Waals surface area contributed by atoms with Crippen molar-refractivity contribution >= 4 is 28.3 Å². The molecular formula is C24H24N4O2. The molecule has 0 radical (unpaired) electrons. The van der Waals surface area contributed by atoms with E-state index in [1.54, 1.807) is 28.9 Å². The highest BCUT2D eigenvalue weighted by Crippen LogP contribution is 2.28. The second-order valence-corrected chi connectivity index (χ2v) is 8.20. The predicted molar refractivity (Wildman–Crippen MR) is 121 cm³/mol. The van der Waals surface area contributed by atoms with Crippen molar-refractivity contribution in [3.63, 3.8) is 0 Å². The van der Waals surface area contributed by atoms with Gasteiger partial charge in [0.2, 0.25) is 0 Å². The third-order valence-electron chi connectivity index (χ3n) is 4.85. The maximum Gasteiger partial charge on any atom is 0.324 e. The normalized spacial score (nSPS) is 11.4. The number of carbonyl (C=O) groups excluding carboxylic acids is 1. The fraction of sp³-hybridized carbons (Fsp3) is 0.167. The number of nitrogens with one attached hydrogen (secondary N) is 2. The zero-order chi connectivity index (χ0) is 21.3. The number of hydrogen-bond acceptors (Lipinski definition) is 3. The summed E-state index contributed by atoms with van der Waals surface area (Å²) in [5.41, 5.74) is 2.13. The van der Waals surface area contributed by atoms with E-state index in [0.717, 1.165) is 27.8 Å². The van der Waals surface area contributed by atoms with E-state index in [9.17, 15) is 9.90 Å². The van der Waals surface area contributed by atoms with E-state index in [1.807, 2.05) is 48.5 Å². The first-order valence-corrected chi connectivity index (χ1v) is 9.77. The Morgan fingerprint density at radius 1 is 0.933 bits per heavy atom. The quantitative estimate of drug-likeness (QED) is 0.414. The number of carbonyl (C=O) groups is 1. The molecule has 4 aromatic rings. The molecule has 3 aromatic carbocycles. The minimum absolute atomic E-state index is 0.171. The molecule has 6 heteroatoms. The number of rotatable bonds is 3. The summed E-state index contributed by atoms with van der Waals surface area (Å²) < 4.78 is 1.67. The van der Waals surface area contributed by atoms with E-state index in [4.69, 9.17) is 0 Å². The second kappa shape index (κ2) is 7.55. The number of anilines is 2. The minimum atomic E-state index is -0.355. The molecule has 0 aliphatic rings. The summed E-state index contributed by atoms with van der Waals surface area (Å²) in [5.74, 6) is 0.716. The van der Waals surface area contributed by atoms with Crippen LogP contribution in [0, 0.1) is 0 Å². The largest absolute Gasteiger partial charge is 0.508 e. The number of aromatic hydroxyl groups is 1. The van der Waals surface area contributed by atoms with Gasteiger partial charge in [-0.25, -0.2) is 9.48 Å². The maximum atomic E-state index is 12.8. The molecule has 0 bridgehead atoms. The molecule has 0 unspecified atom stereocenters. The Kier molecular flexibility index (Phi) is 4.91. The van der Waals surface area contributed by atoms with E-state index in [1.165, 1.54) is 0 Å². The van der Waals surface area contributed by atoms with Gasteiger partial charge in [-0.15, -0.1) is 0 Å². The van der Waals surface area contributed by atoms with Gasteiger partial charge < -0.3 is 10.4 Å². The highest BCUT2D eigenvalue weighted by Gasteiger charge is 2.21. The first-order valence-electron chi connectivity index (χ1n) is 9.77. The van der Waals surface area contributed by atoms with Gasteiger partial charge in [0.15, 0.2) is 0 Å². The SMILES string of the molecule is CC(C)(C)c1cc(NC(=O)Nc2cccc3ccccc23)n(-c2ccc(O)cc2)n1. The van der Waals surface area contributed by atoms with Crippen LogP contribution in [0.15, 0.2) is 72.8 Å². The Balaban J connectivity index is 1.65. The highest BCUT2D eigenvalue weighted by molar-refractivity contribution is 6.06. The van der Waals surface area contributed by atoms with Crippen LogP contribution in [0.25, 0.3) is 16.5 Å². The van der Waals surface area contributed by atoms with E-state index in [2.05, 4.69) is 36.5 Å². The number of benzene rings is 3. The van der Waals surface area contributed by atoms with Crippen molar-refractivity contribution in [3.05, 3.63) is 78.5 Å². The molecule has 1 heterocycles. The zero-order valence-electron chi connectivity index (χ0n) is 17.2. The standard InChI is InChI=1S/C24H24N4O2/c1-24(2,3)21-15-22(28(27-21)17-11-13-18(29)14-12-17)26-23(30)25-20-10-6-8-16-7-4-5-9-19(16)20/h4-15,29H,1-3H3,(H2,25,26,30). The fourth-order valence-corrected chi connectivity index (χ4v) is 3.23. The third kappa shape index (κ3) is 3.98. The molecule has 0 aliphatic heterocycles. The van der Waals surface area contributed by atoms with E-state index < -0.39 is 0 Å². The Hall–Kier alpha value is -3.80. The Morgan fingerprint density at radius 3 is 2.37 bits per heavy atom. The summed E-state index contributed by atoms with van der Waals surface area (Å²) in [6.07, 6.45) is 0. The molecule has 0 fully saturated rings. The van der Waals surface area contributed by atoms with Crippen molar-refractivity contribution in [2.45, 2.75) is 26.2 Å². The fourth-order valence-electron chi connectivity index (χ4n) is 3.23. The lowest BCUT2D eigenvalue weighted by Gasteiger charge is -2.14. The second-order valence-electron chi connectivity index (χ2n) is 8.20. The van der Waals surface area contributed by atoms with Crippen LogP contribution in [-0.4, -0.2) is 20.9 Å². The summed E-state index contributed by atoms with van der Waals surface area (Å²) in [4.78, 5) is 12.8. The van der Waals surface area contributed by atoms with Gasteiger partial charge in [-0.05, 0) is 35.7 Å². The maximum absolute atomic E-state index is 12.8. The number of aromatic nitrogens is 2. The van der Waals surface area contributed by atoms with E-state index in [0.29, 0.717) is 5.82 Å². The Morgan fingerprint density at radius 2 is 1.63 bits per heavy atom. The number of phenolic OH excluding ortho intramolecular Hbond substituents is 1. The van der Waals surface area contributed by atoms with Crippen molar-refractivity contribution < 1.29 is 9.90 Å². The van der Waals surface area contributed by atoms with Crippen LogP contribution in [0.4, 0.5) is 16.3 Å². The number of fused-ring (bicyclic) bond motifs is 1. The van der Waals surface area contributed by atoms with E-state index >= 15 is 0 Å². The summed E-state index contributed by atoms with van der Waals surface area (Å²) in [7, 11) is 0. The molecule has 0 saturated carbocycles. The van der Waals surface area contributed by atoms with Gasteiger partial charge in [0.1, 0.15) is 11.6 Å². The molecule has 0 spiro atoms. The Bertz CT molecular complexity index is 1200. The molecule has 6 nitrogen and oxygen atoms in total. The molecule has 2 amide bonds. The summed E-state index contributed by atoms with van der Waals surface area (Å²) in [6, 6.07) is 21.9. The molecule has 3 N–H and O–H groups in total. The van der Waals surface area contributed by atoms with Crippen LogP contribution >= 0.6 is 0 Å². The van der Waals surface area contributed by atoms with Gasteiger partial charge in [0.05, 0.1) is 17.1 Å². The molecule has 0 aliphatic carbocycles. The molecular weight excluding hydrogens is 376 g/mol. The van der Waals surface area contributed by atoms with Gasteiger partial charge >= 0.3 is 6.03 Å². The lowest BCUT2D eigenvalue weighted by atomic mass is 9.92. The smallest absolute Gasteiger partial charge is 0.324 e. The molecule has 30 heavy (non-hydrogen) atoms. The van der Waals surface area contributed by atoms with Crippen LogP contribution in [0.2, 0.25) is 0 Å². The highest BCUT2D eigenvalue weighted by atomic mass is 16.3. The van der Waals surface area contributed by atoms with Gasteiger partial charge in [-0.3, -0.25) is 5.32 Å². The lowest BCUT2D eigenvalue weighted by molar-refractivity contribution is 0.262. The molecule has 0 saturated heterocycles. The first kappa shape index (κ1) is 19.5. The number of nitrogens with zero attached hydrogens (tertiary/aromatic N) is 2. The average Bonchev–Trinajstić information content (AvgIpc) is 3.13. The number of hydrogen-bond donors (Lipinski definition) is 3. The molecule has 1 aromatic heterocycles. The predicted octanol–water partition coefficient (Wildman–Crippen LogP) is 5.67. The Labute approximate surface area is 175 Å². The summed E-state index contributed by atoms with van der Waals surface area (Å²) >= 11 is 0. The molecule has 152 valence electrons. The zero-order valence-corrected chi connectivity index (χ0v) is 17.2. The number of phenols is 1. The lowest BCUT2D eigenvalue weighted by Crippen LogP contribution is -2.21. The number of urea groups is 1. The first-order chi connectivity index (χ1) is 14.3. The number of amides is 2. The van der Waals surface area contributed by atoms with Gasteiger partial charge in [-0.1, -0.05) is 57.2 Å². The van der Waals surface area contributed by atoms with Gasteiger partial charge in [0, 0.05) is 16.9 Å². The average molecular weight is 400 g/mol. The van der Waals surface area contributed by atoms with Crippen LogP contribution in [0.1, 0.15) is 26.5 Å². The minimum Gasteiger partial charge on any atom is -0.508 e. The molecule has 4 rings (SSSR count). The van der Waals surface area contributed by atoms with Crippen molar-refractivity contribution in [2.75, 3.05) is 10.6 Å². The summed E-state index contributed by atoms with van der Waals surface area (Å²) in [5, 5.41) is 22.2. The van der Waals surface area contributed by atoms with Gasteiger partial charge in [-0.2, -0.15) is 5.10 Å². The monoisotopic (exact) mass is 400 g/mol. The van der Waals surface area contributed by atoms with Crippen LogP contribution in [-0.2, 0) is 5.41 Å². The van der Waals surface area contributed by atoms with Crippen molar-refractivity contribution in [1.82, 2.24) is 9.78 Å². The third-order valence-corrected chi connectivity index (χ3v) is 4.85. The van der Waals surface area contributed by atoms with Crippen molar-refractivity contribution in [3.8, 4) is 11.4 Å². The van der Waals surface area contributed by atoms with Crippen molar-refractivity contribution in [1.29, 1.82) is 0 Å². The summed E-state index contributed by atoms with van der Waals surface area (Å²) in [6.45, 7) is 6.20. The van der Waals surface area contributed by atoms with Crippen LogP contribution < -0.4 is 10.6 Å². The molecule has 0 atom stereocenters. The van der Waals surface area contributed by atoms with Crippen LogP contribution in [0.5, 0.6) is 5.75 Å². The van der Waals surface area contributed by atoms with E-state index in [-0.39, 0.29) is 17.2 Å². The van der Waals surface area contributed by atoms with Crippen molar-refractivity contribution in [2.24, 2.45) is 0 Å². The topological polar surface area (TPSA) is 79.2 Å².